The summed E-state index contributed by atoms with van der Waals surface area (Å²) in [6.45, 7) is 2.62. The Morgan fingerprint density at radius 3 is 2.32 bits per heavy atom. The van der Waals surface area contributed by atoms with Gasteiger partial charge in [-0.2, -0.15) is 13.2 Å². The summed E-state index contributed by atoms with van der Waals surface area (Å²) < 4.78 is 37.1. The zero-order chi connectivity index (χ0) is 18.4. The van der Waals surface area contributed by atoms with Crippen LogP contribution >= 0.6 is 0 Å². The van der Waals surface area contributed by atoms with Gasteiger partial charge < -0.3 is 10.2 Å². The molecule has 2 amide bonds. The molecule has 1 aromatic rings. The van der Waals surface area contributed by atoms with Crippen molar-refractivity contribution in [1.82, 2.24) is 10.2 Å². The minimum Gasteiger partial charge on any atom is -0.356 e. The molecule has 0 radical (unpaired) electrons. The number of piperidine rings is 1. The SMILES string of the molecule is Cc1ccc(CCC(=O)NCC2CCN(C(=O)C(F)(F)F)CC2)cc1. The van der Waals surface area contributed by atoms with Crippen LogP contribution in [0, 0.1) is 12.8 Å². The van der Waals surface area contributed by atoms with Gasteiger partial charge in [-0.25, -0.2) is 0 Å². The van der Waals surface area contributed by atoms with Crippen LogP contribution in [0.25, 0.3) is 0 Å². The Hall–Kier alpha value is -2.05. The summed E-state index contributed by atoms with van der Waals surface area (Å²) in [5, 5.41) is 2.84. The maximum atomic E-state index is 12.4. The van der Waals surface area contributed by atoms with E-state index in [1.54, 1.807) is 0 Å². The van der Waals surface area contributed by atoms with E-state index in [0.717, 1.165) is 10.5 Å². The molecule has 1 saturated heterocycles. The lowest BCUT2D eigenvalue weighted by molar-refractivity contribution is -0.186. The molecule has 1 fully saturated rings. The van der Waals surface area contributed by atoms with Crippen LogP contribution in [0.4, 0.5) is 13.2 Å². The van der Waals surface area contributed by atoms with Crippen LogP contribution < -0.4 is 5.32 Å². The average Bonchev–Trinajstić information content (AvgIpc) is 2.58. The second-order valence-corrected chi connectivity index (χ2v) is 6.52. The lowest BCUT2D eigenvalue weighted by atomic mass is 9.96. The Morgan fingerprint density at radius 1 is 1.16 bits per heavy atom. The summed E-state index contributed by atoms with van der Waals surface area (Å²) in [4.78, 5) is 23.9. The molecular weight excluding hydrogens is 333 g/mol. The lowest BCUT2D eigenvalue weighted by Gasteiger charge is -2.32. The minimum absolute atomic E-state index is 0.0608. The number of hydrogen-bond donors (Lipinski definition) is 1. The zero-order valence-electron chi connectivity index (χ0n) is 14.2. The largest absolute Gasteiger partial charge is 0.471 e. The number of halogens is 3. The molecule has 0 aliphatic carbocycles. The van der Waals surface area contributed by atoms with Crippen molar-refractivity contribution in [2.75, 3.05) is 19.6 Å². The Morgan fingerprint density at radius 2 is 1.76 bits per heavy atom. The number of nitrogens with one attached hydrogen (secondary N) is 1. The summed E-state index contributed by atoms with van der Waals surface area (Å²) in [6.07, 6.45) is -2.82. The highest BCUT2D eigenvalue weighted by Crippen LogP contribution is 2.23. The topological polar surface area (TPSA) is 49.4 Å². The van der Waals surface area contributed by atoms with Crippen LogP contribution in [0.5, 0.6) is 0 Å². The number of likely N-dealkylation sites (tertiary alicyclic amines) is 1. The standard InChI is InChI=1S/C18H23F3N2O2/c1-13-2-4-14(5-3-13)6-7-16(24)22-12-15-8-10-23(11-9-15)17(25)18(19,20)21/h2-5,15H,6-12H2,1H3,(H,22,24). The molecular formula is C18H23F3N2O2. The number of alkyl halides is 3. The van der Waals surface area contributed by atoms with Crippen molar-refractivity contribution in [3.05, 3.63) is 35.4 Å². The number of benzene rings is 1. The molecule has 1 aliphatic heterocycles. The first-order valence-electron chi connectivity index (χ1n) is 8.44. The van der Waals surface area contributed by atoms with Crippen LogP contribution in [0.1, 0.15) is 30.4 Å². The highest BCUT2D eigenvalue weighted by molar-refractivity contribution is 5.81. The number of carbonyl (C=O) groups excluding carboxylic acids is 2. The van der Waals surface area contributed by atoms with E-state index in [2.05, 4.69) is 5.32 Å². The van der Waals surface area contributed by atoms with Gasteiger partial charge in [0.05, 0.1) is 0 Å². The van der Waals surface area contributed by atoms with Crippen LogP contribution in [0.3, 0.4) is 0 Å². The molecule has 1 N–H and O–H groups in total. The number of hydrogen-bond acceptors (Lipinski definition) is 2. The van der Waals surface area contributed by atoms with Crippen LogP contribution in [-0.4, -0.2) is 42.5 Å². The van der Waals surface area contributed by atoms with E-state index >= 15 is 0 Å². The second kappa shape index (κ2) is 8.36. The van der Waals surface area contributed by atoms with E-state index in [-0.39, 0.29) is 24.9 Å². The first kappa shape index (κ1) is 19.3. The molecule has 0 saturated carbocycles. The molecule has 1 heterocycles. The van der Waals surface area contributed by atoms with Gasteiger partial charge in [0.25, 0.3) is 0 Å². The van der Waals surface area contributed by atoms with Gasteiger partial charge in [0.2, 0.25) is 5.91 Å². The number of amides is 2. The first-order chi connectivity index (χ1) is 11.8. The van der Waals surface area contributed by atoms with E-state index in [9.17, 15) is 22.8 Å². The van der Waals surface area contributed by atoms with Gasteiger partial charge in [-0.15, -0.1) is 0 Å². The Balaban J connectivity index is 1.66. The number of nitrogens with zero attached hydrogens (tertiary/aromatic N) is 1. The highest BCUT2D eigenvalue weighted by atomic mass is 19.4. The number of carbonyl (C=O) groups is 2. The predicted octanol–water partition coefficient (Wildman–Crippen LogP) is 2.84. The molecule has 1 aromatic carbocycles. The van der Waals surface area contributed by atoms with E-state index in [1.807, 2.05) is 31.2 Å². The Bertz CT molecular complexity index is 591. The van der Waals surface area contributed by atoms with Crippen LogP contribution in [0.15, 0.2) is 24.3 Å². The molecule has 7 heteroatoms. The highest BCUT2D eigenvalue weighted by Gasteiger charge is 2.43. The van der Waals surface area contributed by atoms with Crippen LogP contribution in [0.2, 0.25) is 0 Å². The molecule has 4 nitrogen and oxygen atoms in total. The van der Waals surface area contributed by atoms with E-state index in [1.165, 1.54) is 5.56 Å². The van der Waals surface area contributed by atoms with Gasteiger partial charge in [-0.1, -0.05) is 29.8 Å². The smallest absolute Gasteiger partial charge is 0.356 e. The van der Waals surface area contributed by atoms with E-state index < -0.39 is 12.1 Å². The number of aryl methyl sites for hydroxylation is 2. The number of rotatable bonds is 5. The second-order valence-electron chi connectivity index (χ2n) is 6.52. The lowest BCUT2D eigenvalue weighted by Crippen LogP contribution is -2.46. The molecule has 0 atom stereocenters. The third-order valence-corrected chi connectivity index (χ3v) is 4.49. The summed E-state index contributed by atoms with van der Waals surface area (Å²) >= 11 is 0. The van der Waals surface area contributed by atoms with Gasteiger partial charge in [0.15, 0.2) is 0 Å². The van der Waals surface area contributed by atoms with Gasteiger partial charge in [0, 0.05) is 26.1 Å². The van der Waals surface area contributed by atoms with Crippen molar-refractivity contribution in [3.8, 4) is 0 Å². The summed E-state index contributed by atoms with van der Waals surface area (Å²) in [5.41, 5.74) is 2.27. The molecule has 2 rings (SSSR count). The minimum atomic E-state index is -4.81. The predicted molar refractivity (Wildman–Crippen MR) is 87.9 cm³/mol. The van der Waals surface area contributed by atoms with Crippen molar-refractivity contribution in [1.29, 1.82) is 0 Å². The van der Waals surface area contributed by atoms with Gasteiger partial charge in [-0.3, -0.25) is 9.59 Å². The molecule has 0 spiro atoms. The van der Waals surface area contributed by atoms with Crippen molar-refractivity contribution in [3.63, 3.8) is 0 Å². The molecule has 1 aliphatic rings. The summed E-state index contributed by atoms with van der Waals surface area (Å²) in [5.74, 6) is -1.72. The van der Waals surface area contributed by atoms with E-state index in [0.29, 0.717) is 32.2 Å². The van der Waals surface area contributed by atoms with Crippen LogP contribution in [-0.2, 0) is 16.0 Å². The van der Waals surface area contributed by atoms with Gasteiger partial charge >= 0.3 is 12.1 Å². The third kappa shape index (κ3) is 6.07. The van der Waals surface area contributed by atoms with Gasteiger partial charge in [0.1, 0.15) is 0 Å². The summed E-state index contributed by atoms with van der Waals surface area (Å²) in [7, 11) is 0. The molecule has 138 valence electrons. The Kier molecular flexibility index (Phi) is 6.45. The maximum absolute atomic E-state index is 12.4. The van der Waals surface area contributed by atoms with Crippen molar-refractivity contribution >= 4 is 11.8 Å². The summed E-state index contributed by atoms with van der Waals surface area (Å²) in [6, 6.07) is 8.00. The monoisotopic (exact) mass is 356 g/mol. The fourth-order valence-electron chi connectivity index (χ4n) is 2.88. The molecule has 0 unspecified atom stereocenters. The normalized spacial score (nSPS) is 15.9. The maximum Gasteiger partial charge on any atom is 0.471 e. The fourth-order valence-corrected chi connectivity index (χ4v) is 2.88. The fraction of sp³-hybridized carbons (Fsp3) is 0.556. The zero-order valence-corrected chi connectivity index (χ0v) is 14.2. The first-order valence-corrected chi connectivity index (χ1v) is 8.44. The van der Waals surface area contributed by atoms with Crippen molar-refractivity contribution in [2.24, 2.45) is 5.92 Å². The van der Waals surface area contributed by atoms with Gasteiger partial charge in [-0.05, 0) is 37.7 Å². The van der Waals surface area contributed by atoms with Crippen molar-refractivity contribution < 1.29 is 22.8 Å². The quantitative estimate of drug-likeness (QED) is 0.882. The average molecular weight is 356 g/mol. The molecule has 0 bridgehead atoms. The van der Waals surface area contributed by atoms with E-state index in [4.69, 9.17) is 0 Å². The Labute approximate surface area is 145 Å². The molecule has 0 aromatic heterocycles. The molecule has 25 heavy (non-hydrogen) atoms. The van der Waals surface area contributed by atoms with Crippen molar-refractivity contribution in [2.45, 2.75) is 38.8 Å². The third-order valence-electron chi connectivity index (χ3n) is 4.49.